The van der Waals surface area contributed by atoms with Gasteiger partial charge in [-0.2, -0.15) is 9.37 Å². The number of halogens is 1. The van der Waals surface area contributed by atoms with Crippen LogP contribution in [0.25, 0.3) is 0 Å². The van der Waals surface area contributed by atoms with Gasteiger partial charge in [0.25, 0.3) is 5.88 Å². The Kier molecular flexibility index (Phi) is 5.57. The number of nitrogens with two attached hydrogens (primary N) is 1. The van der Waals surface area contributed by atoms with Crippen molar-refractivity contribution in [3.63, 3.8) is 0 Å². The maximum Gasteiger partial charge on any atom is 0.255 e. The quantitative estimate of drug-likeness (QED) is 0.657. The zero-order valence-electron chi connectivity index (χ0n) is 14.8. The fourth-order valence-electron chi connectivity index (χ4n) is 2.83. The van der Waals surface area contributed by atoms with Crippen LogP contribution in [0.2, 0.25) is 0 Å². The molecule has 3 aromatic rings. The molecule has 0 bridgehead atoms. The maximum atomic E-state index is 14.7. The van der Waals surface area contributed by atoms with Crippen LogP contribution in [0.4, 0.5) is 10.3 Å². The minimum Gasteiger partial charge on any atom is -0.475 e. The Balaban J connectivity index is 0.00000210. The van der Waals surface area contributed by atoms with E-state index in [9.17, 15) is 4.39 Å². The van der Waals surface area contributed by atoms with E-state index < -0.39 is 5.82 Å². The highest BCUT2D eigenvalue weighted by molar-refractivity contribution is 7.11. The molecule has 1 aliphatic rings. The zero-order chi connectivity index (χ0) is 18.1. The molecule has 142 valence electrons. The predicted molar refractivity (Wildman–Crippen MR) is 99.5 cm³/mol. The van der Waals surface area contributed by atoms with Crippen molar-refractivity contribution in [3.05, 3.63) is 51.6 Å². The largest absolute Gasteiger partial charge is 0.475 e. The van der Waals surface area contributed by atoms with E-state index in [1.54, 1.807) is 6.20 Å². The molecular weight excluding hydrogens is 369 g/mol. The number of aryl methyl sites for hydroxylation is 1. The van der Waals surface area contributed by atoms with E-state index >= 15 is 0 Å². The normalized spacial score (nSPS) is 18.0. The van der Waals surface area contributed by atoms with Gasteiger partial charge in [-0.3, -0.25) is 4.98 Å². The first-order valence-electron chi connectivity index (χ1n) is 8.24. The number of ether oxygens (including phenoxy) is 1. The first-order valence-corrected chi connectivity index (χ1v) is 9.06. The van der Waals surface area contributed by atoms with E-state index in [2.05, 4.69) is 25.1 Å². The van der Waals surface area contributed by atoms with E-state index in [0.717, 1.165) is 17.1 Å². The number of aromatic nitrogens is 5. The van der Waals surface area contributed by atoms with Crippen LogP contribution in [0.1, 0.15) is 33.7 Å². The molecule has 8 nitrogen and oxygen atoms in total. The summed E-state index contributed by atoms with van der Waals surface area (Å²) in [5.41, 5.74) is 6.92. The number of nitrogen functional groups attached to an aromatic ring is 1. The first-order chi connectivity index (χ1) is 12.6. The van der Waals surface area contributed by atoms with Crippen molar-refractivity contribution in [3.8, 4) is 5.88 Å². The van der Waals surface area contributed by atoms with E-state index in [1.807, 2.05) is 25.1 Å². The number of hydrogen-bond donors (Lipinski definition) is 2. The summed E-state index contributed by atoms with van der Waals surface area (Å²) in [6.07, 6.45) is 2.95. The fourth-order valence-corrected chi connectivity index (χ4v) is 3.54. The van der Waals surface area contributed by atoms with Gasteiger partial charge in [-0.1, -0.05) is 6.07 Å². The maximum absolute atomic E-state index is 14.7. The molecule has 1 saturated carbocycles. The fraction of sp³-hybridized carbons (Fsp3) is 0.353. The number of rotatable bonds is 6. The van der Waals surface area contributed by atoms with Crippen molar-refractivity contribution in [2.45, 2.75) is 25.7 Å². The molecule has 3 aromatic heterocycles. The van der Waals surface area contributed by atoms with Gasteiger partial charge in [-0.05, 0) is 25.5 Å². The van der Waals surface area contributed by atoms with Crippen molar-refractivity contribution in [1.29, 1.82) is 0 Å². The Morgan fingerprint density at radius 1 is 1.30 bits per heavy atom. The molecule has 5 N–H and O–H groups in total. The molecule has 1 aliphatic carbocycles. The van der Waals surface area contributed by atoms with Gasteiger partial charge < -0.3 is 16.6 Å². The Hall–Kier alpha value is -2.72. The third-order valence-electron chi connectivity index (χ3n) is 4.22. The molecule has 1 fully saturated rings. The van der Waals surface area contributed by atoms with Gasteiger partial charge in [0.1, 0.15) is 10.0 Å². The number of pyridine rings is 1. The Bertz CT molecular complexity index is 921. The van der Waals surface area contributed by atoms with Gasteiger partial charge in [0.05, 0.1) is 12.3 Å². The molecular formula is C17H20FN7OS. The third kappa shape index (κ3) is 4.34. The second kappa shape index (κ2) is 7.89. The summed E-state index contributed by atoms with van der Waals surface area (Å²) in [6.45, 7) is 2.21. The molecule has 10 heteroatoms. The standard InChI is InChI=1S/C17H17FN6OS.H3N/c1-9-23-24-14(26-9)7-13-15(18)16(22-17(19)21-13)25-8-10-6-11(10)12-4-2-3-5-20-12;/h2-5,10-11H,6-8H2,1H3,(H2,19,21,22);1H3/t10-,11+;/m1./s1. The third-order valence-corrected chi connectivity index (χ3v) is 5.06. The minimum absolute atomic E-state index is 0. The van der Waals surface area contributed by atoms with Gasteiger partial charge in [0.15, 0.2) is 0 Å². The number of nitrogens with zero attached hydrogens (tertiary/aromatic N) is 5. The van der Waals surface area contributed by atoms with Gasteiger partial charge in [-0.15, -0.1) is 21.5 Å². The van der Waals surface area contributed by atoms with Crippen molar-refractivity contribution in [2.24, 2.45) is 5.92 Å². The molecule has 0 spiro atoms. The van der Waals surface area contributed by atoms with Crippen LogP contribution in [0.5, 0.6) is 5.88 Å². The van der Waals surface area contributed by atoms with Crippen LogP contribution in [-0.2, 0) is 6.42 Å². The summed E-state index contributed by atoms with van der Waals surface area (Å²) in [6, 6.07) is 5.85. The predicted octanol–water partition coefficient (Wildman–Crippen LogP) is 2.69. The monoisotopic (exact) mass is 389 g/mol. The molecule has 2 atom stereocenters. The highest BCUT2D eigenvalue weighted by Gasteiger charge is 2.40. The van der Waals surface area contributed by atoms with Crippen molar-refractivity contribution in [2.75, 3.05) is 12.3 Å². The van der Waals surface area contributed by atoms with Gasteiger partial charge >= 0.3 is 0 Å². The molecule has 0 saturated heterocycles. The number of anilines is 1. The molecule has 4 rings (SSSR count). The van der Waals surface area contributed by atoms with Gasteiger partial charge in [-0.25, -0.2) is 4.98 Å². The smallest absolute Gasteiger partial charge is 0.255 e. The summed E-state index contributed by atoms with van der Waals surface area (Å²) in [5.74, 6) is -0.0748. The highest BCUT2D eigenvalue weighted by Crippen LogP contribution is 2.46. The van der Waals surface area contributed by atoms with Crippen molar-refractivity contribution in [1.82, 2.24) is 31.3 Å². The summed E-state index contributed by atoms with van der Waals surface area (Å²) < 4.78 is 20.3. The van der Waals surface area contributed by atoms with Crippen LogP contribution in [-0.4, -0.2) is 31.8 Å². The van der Waals surface area contributed by atoms with Crippen LogP contribution in [0, 0.1) is 18.7 Å². The topological polar surface area (TPSA) is 135 Å². The Labute approximate surface area is 159 Å². The summed E-state index contributed by atoms with van der Waals surface area (Å²) in [4.78, 5) is 12.2. The molecule has 0 unspecified atom stereocenters. The molecule has 0 aliphatic heterocycles. The summed E-state index contributed by atoms with van der Waals surface area (Å²) in [5, 5.41) is 9.40. The van der Waals surface area contributed by atoms with Gasteiger partial charge in [0, 0.05) is 30.1 Å². The molecule has 0 amide bonds. The lowest BCUT2D eigenvalue weighted by atomic mass is 10.2. The second-order valence-electron chi connectivity index (χ2n) is 6.21. The lowest BCUT2D eigenvalue weighted by molar-refractivity contribution is 0.269. The SMILES string of the molecule is Cc1nnc(Cc2nc(N)nc(OC[C@H]3C[C@@H]3c3ccccn3)c2F)s1.N. The zero-order valence-corrected chi connectivity index (χ0v) is 15.6. The Morgan fingerprint density at radius 3 is 2.85 bits per heavy atom. The molecule has 27 heavy (non-hydrogen) atoms. The van der Waals surface area contributed by atoms with E-state index in [4.69, 9.17) is 10.5 Å². The van der Waals surface area contributed by atoms with Crippen LogP contribution < -0.4 is 16.6 Å². The van der Waals surface area contributed by atoms with Crippen LogP contribution in [0.15, 0.2) is 24.4 Å². The van der Waals surface area contributed by atoms with Gasteiger partial charge in [0.2, 0.25) is 11.8 Å². The Morgan fingerprint density at radius 2 is 2.15 bits per heavy atom. The minimum atomic E-state index is -0.595. The van der Waals surface area contributed by atoms with E-state index in [-0.39, 0.29) is 30.1 Å². The number of hydrogen-bond acceptors (Lipinski definition) is 9. The average molecular weight is 389 g/mol. The summed E-state index contributed by atoms with van der Waals surface area (Å²) in [7, 11) is 0. The highest BCUT2D eigenvalue weighted by atomic mass is 32.1. The first kappa shape index (κ1) is 19.1. The average Bonchev–Trinajstić information content (AvgIpc) is 3.31. The van der Waals surface area contributed by atoms with E-state index in [1.165, 1.54) is 11.3 Å². The molecule has 0 radical (unpaired) electrons. The van der Waals surface area contributed by atoms with Crippen molar-refractivity contribution >= 4 is 17.3 Å². The van der Waals surface area contributed by atoms with E-state index in [0.29, 0.717) is 23.5 Å². The lowest BCUT2D eigenvalue weighted by Gasteiger charge is -2.09. The van der Waals surface area contributed by atoms with Crippen molar-refractivity contribution < 1.29 is 9.13 Å². The lowest BCUT2D eigenvalue weighted by Crippen LogP contribution is -2.10. The second-order valence-corrected chi connectivity index (χ2v) is 7.47. The van der Waals surface area contributed by atoms with Crippen LogP contribution >= 0.6 is 11.3 Å². The molecule has 3 heterocycles. The molecule has 0 aromatic carbocycles. The van der Waals surface area contributed by atoms with Crippen LogP contribution in [0.3, 0.4) is 0 Å². The summed E-state index contributed by atoms with van der Waals surface area (Å²) >= 11 is 1.39.